The zero-order chi connectivity index (χ0) is 14.0. The Morgan fingerprint density at radius 1 is 1.30 bits per heavy atom. The molecule has 4 heteroatoms. The second-order valence-electron chi connectivity index (χ2n) is 6.13. The zero-order valence-corrected chi connectivity index (χ0v) is 12.5. The minimum absolute atomic E-state index is 0.346. The fraction of sp³-hybridized carbons (Fsp3) is 0.562. The van der Waals surface area contributed by atoms with Crippen LogP contribution in [0.1, 0.15) is 31.4 Å². The number of imidazole rings is 1. The van der Waals surface area contributed by atoms with Crippen molar-refractivity contribution in [1.82, 2.24) is 19.6 Å². The molecule has 1 aliphatic rings. The fourth-order valence-corrected chi connectivity index (χ4v) is 3.31. The van der Waals surface area contributed by atoms with Gasteiger partial charge in [0.15, 0.2) is 0 Å². The van der Waals surface area contributed by atoms with Crippen LogP contribution < -0.4 is 5.32 Å². The summed E-state index contributed by atoms with van der Waals surface area (Å²) < 4.78 is 2.08. The fourth-order valence-electron chi connectivity index (χ4n) is 3.31. The molecule has 2 aromatic heterocycles. The van der Waals surface area contributed by atoms with Crippen molar-refractivity contribution in [3.8, 4) is 0 Å². The SMILES string of the molecule is CN(C)C1(CNCc2cn3ccccc3n2)CCCC1. The highest BCUT2D eigenvalue weighted by molar-refractivity contribution is 5.39. The first-order valence-corrected chi connectivity index (χ1v) is 7.50. The summed E-state index contributed by atoms with van der Waals surface area (Å²) in [7, 11) is 4.41. The number of rotatable bonds is 5. The van der Waals surface area contributed by atoms with Crippen LogP contribution in [0.2, 0.25) is 0 Å². The molecule has 1 N–H and O–H groups in total. The van der Waals surface area contributed by atoms with E-state index >= 15 is 0 Å². The van der Waals surface area contributed by atoms with Crippen LogP contribution in [0.25, 0.3) is 5.65 Å². The molecule has 0 aromatic carbocycles. The smallest absolute Gasteiger partial charge is 0.137 e. The summed E-state index contributed by atoms with van der Waals surface area (Å²) >= 11 is 0. The van der Waals surface area contributed by atoms with E-state index in [4.69, 9.17) is 0 Å². The van der Waals surface area contributed by atoms with E-state index in [1.54, 1.807) is 0 Å². The van der Waals surface area contributed by atoms with Crippen LogP contribution in [0.15, 0.2) is 30.6 Å². The Morgan fingerprint density at radius 3 is 2.80 bits per heavy atom. The molecule has 3 rings (SSSR count). The summed E-state index contributed by atoms with van der Waals surface area (Å²) in [6.45, 7) is 1.89. The molecule has 1 fully saturated rings. The maximum atomic E-state index is 4.63. The lowest BCUT2D eigenvalue weighted by Gasteiger charge is -2.36. The van der Waals surface area contributed by atoms with Crippen molar-refractivity contribution in [2.45, 2.75) is 37.8 Å². The Balaban J connectivity index is 1.61. The monoisotopic (exact) mass is 272 g/mol. The van der Waals surface area contributed by atoms with Gasteiger partial charge < -0.3 is 14.6 Å². The van der Waals surface area contributed by atoms with Crippen LogP contribution in [0.4, 0.5) is 0 Å². The summed E-state index contributed by atoms with van der Waals surface area (Å²) in [4.78, 5) is 7.03. The molecule has 1 saturated carbocycles. The van der Waals surface area contributed by atoms with E-state index in [1.807, 2.05) is 24.4 Å². The standard InChI is InChI=1S/C16H24N4/c1-19(2)16(8-4-5-9-16)13-17-11-14-12-20-10-6-3-7-15(20)18-14/h3,6-7,10,12,17H,4-5,8-9,11,13H2,1-2H3. The molecule has 20 heavy (non-hydrogen) atoms. The maximum Gasteiger partial charge on any atom is 0.137 e. The van der Waals surface area contributed by atoms with Crippen LogP contribution >= 0.6 is 0 Å². The van der Waals surface area contributed by atoms with E-state index in [-0.39, 0.29) is 0 Å². The van der Waals surface area contributed by atoms with E-state index in [0.717, 1.165) is 24.4 Å². The molecule has 0 amide bonds. The number of likely N-dealkylation sites (N-methyl/N-ethyl adjacent to an activating group) is 1. The second-order valence-corrected chi connectivity index (χ2v) is 6.13. The van der Waals surface area contributed by atoms with Gasteiger partial charge in [-0.15, -0.1) is 0 Å². The van der Waals surface area contributed by atoms with Crippen molar-refractivity contribution in [2.75, 3.05) is 20.6 Å². The van der Waals surface area contributed by atoms with Crippen LogP contribution in [0.3, 0.4) is 0 Å². The summed E-state index contributed by atoms with van der Waals surface area (Å²) in [5, 5.41) is 3.61. The minimum Gasteiger partial charge on any atom is -0.309 e. The van der Waals surface area contributed by atoms with E-state index in [2.05, 4.69) is 39.9 Å². The highest BCUT2D eigenvalue weighted by Gasteiger charge is 2.35. The van der Waals surface area contributed by atoms with Crippen molar-refractivity contribution >= 4 is 5.65 Å². The van der Waals surface area contributed by atoms with Crippen LogP contribution in [-0.4, -0.2) is 40.5 Å². The Morgan fingerprint density at radius 2 is 2.10 bits per heavy atom. The third-order valence-corrected chi connectivity index (χ3v) is 4.66. The molecular formula is C16H24N4. The first kappa shape index (κ1) is 13.6. The van der Waals surface area contributed by atoms with Gasteiger partial charge >= 0.3 is 0 Å². The number of nitrogens with zero attached hydrogens (tertiary/aromatic N) is 3. The molecule has 0 radical (unpaired) electrons. The zero-order valence-electron chi connectivity index (χ0n) is 12.5. The van der Waals surface area contributed by atoms with Gasteiger partial charge in [-0.3, -0.25) is 0 Å². The molecule has 0 saturated heterocycles. The highest BCUT2D eigenvalue weighted by atomic mass is 15.2. The van der Waals surface area contributed by atoms with Crippen LogP contribution in [0.5, 0.6) is 0 Å². The van der Waals surface area contributed by atoms with Crippen molar-refractivity contribution in [3.63, 3.8) is 0 Å². The number of aromatic nitrogens is 2. The van der Waals surface area contributed by atoms with Gasteiger partial charge in [-0.05, 0) is 39.1 Å². The van der Waals surface area contributed by atoms with Crippen molar-refractivity contribution in [2.24, 2.45) is 0 Å². The van der Waals surface area contributed by atoms with E-state index in [1.165, 1.54) is 25.7 Å². The Labute approximate surface area is 120 Å². The first-order valence-electron chi connectivity index (χ1n) is 7.50. The number of hydrogen-bond donors (Lipinski definition) is 1. The van der Waals surface area contributed by atoms with Gasteiger partial charge in [0.1, 0.15) is 5.65 Å². The van der Waals surface area contributed by atoms with Crippen molar-refractivity contribution < 1.29 is 0 Å². The Hall–Kier alpha value is -1.39. The van der Waals surface area contributed by atoms with E-state index in [9.17, 15) is 0 Å². The molecule has 0 spiro atoms. The molecule has 0 atom stereocenters. The lowest BCUT2D eigenvalue weighted by Crippen LogP contribution is -2.49. The van der Waals surface area contributed by atoms with Gasteiger partial charge in [0.2, 0.25) is 0 Å². The Bertz CT molecular complexity index is 534. The van der Waals surface area contributed by atoms with Crippen LogP contribution in [-0.2, 0) is 6.54 Å². The quantitative estimate of drug-likeness (QED) is 0.906. The number of nitrogens with one attached hydrogen (secondary N) is 1. The summed E-state index contributed by atoms with van der Waals surface area (Å²) in [5.74, 6) is 0. The van der Waals surface area contributed by atoms with Gasteiger partial charge in [0, 0.05) is 31.0 Å². The molecule has 0 bridgehead atoms. The lowest BCUT2D eigenvalue weighted by molar-refractivity contribution is 0.153. The largest absolute Gasteiger partial charge is 0.309 e. The van der Waals surface area contributed by atoms with Crippen LogP contribution in [0, 0.1) is 0 Å². The topological polar surface area (TPSA) is 32.6 Å². The van der Waals surface area contributed by atoms with Crippen molar-refractivity contribution in [1.29, 1.82) is 0 Å². The van der Waals surface area contributed by atoms with Gasteiger partial charge in [0.25, 0.3) is 0 Å². The first-order chi connectivity index (χ1) is 9.70. The Kier molecular flexibility index (Phi) is 3.76. The van der Waals surface area contributed by atoms with Gasteiger partial charge in [-0.25, -0.2) is 4.98 Å². The molecule has 0 aliphatic heterocycles. The molecular weight excluding hydrogens is 248 g/mol. The van der Waals surface area contributed by atoms with Gasteiger partial charge in [-0.1, -0.05) is 18.9 Å². The summed E-state index contributed by atoms with van der Waals surface area (Å²) in [6.07, 6.45) is 9.47. The maximum absolute atomic E-state index is 4.63. The number of fused-ring (bicyclic) bond motifs is 1. The normalized spacial score (nSPS) is 18.1. The molecule has 2 aromatic rings. The van der Waals surface area contributed by atoms with Crippen molar-refractivity contribution in [3.05, 3.63) is 36.3 Å². The summed E-state index contributed by atoms with van der Waals surface area (Å²) in [5.41, 5.74) is 2.48. The molecule has 108 valence electrons. The molecule has 1 aliphatic carbocycles. The number of hydrogen-bond acceptors (Lipinski definition) is 3. The average Bonchev–Trinajstić information content (AvgIpc) is 3.05. The average molecular weight is 272 g/mol. The molecule has 2 heterocycles. The van der Waals surface area contributed by atoms with E-state index < -0.39 is 0 Å². The lowest BCUT2D eigenvalue weighted by atomic mass is 9.96. The third-order valence-electron chi connectivity index (χ3n) is 4.66. The highest BCUT2D eigenvalue weighted by Crippen LogP contribution is 2.33. The van der Waals surface area contributed by atoms with Gasteiger partial charge in [0.05, 0.1) is 5.69 Å². The summed E-state index contributed by atoms with van der Waals surface area (Å²) in [6, 6.07) is 6.10. The predicted molar refractivity (Wildman–Crippen MR) is 81.8 cm³/mol. The molecule has 0 unspecified atom stereocenters. The van der Waals surface area contributed by atoms with E-state index in [0.29, 0.717) is 5.54 Å². The second kappa shape index (κ2) is 5.54. The van der Waals surface area contributed by atoms with Gasteiger partial charge in [-0.2, -0.15) is 0 Å². The third kappa shape index (κ3) is 2.58. The molecule has 4 nitrogen and oxygen atoms in total. The minimum atomic E-state index is 0.346. The number of pyridine rings is 1. The predicted octanol–water partition coefficient (Wildman–Crippen LogP) is 2.30.